The molecule has 0 saturated heterocycles. The van der Waals surface area contributed by atoms with E-state index in [2.05, 4.69) is 9.88 Å². The molecular formula is C19H25N3O2. The molecule has 1 fully saturated rings. The first-order chi connectivity index (χ1) is 11.6. The Bertz CT molecular complexity index is 663. The van der Waals surface area contributed by atoms with Crippen molar-refractivity contribution in [2.75, 3.05) is 20.7 Å². The molecule has 5 nitrogen and oxygen atoms in total. The van der Waals surface area contributed by atoms with Crippen LogP contribution in [0.15, 0.2) is 42.6 Å². The van der Waals surface area contributed by atoms with E-state index in [0.29, 0.717) is 12.2 Å². The Hall–Kier alpha value is -1.82. The zero-order chi connectivity index (χ0) is 17.1. The van der Waals surface area contributed by atoms with Crippen molar-refractivity contribution >= 4 is 0 Å². The Morgan fingerprint density at radius 3 is 2.54 bits per heavy atom. The molecular weight excluding hydrogens is 302 g/mol. The van der Waals surface area contributed by atoms with Crippen LogP contribution in [0.3, 0.4) is 0 Å². The topological polar surface area (TPSA) is 69.5 Å². The van der Waals surface area contributed by atoms with Gasteiger partial charge in [-0.05, 0) is 38.9 Å². The van der Waals surface area contributed by atoms with Crippen molar-refractivity contribution in [2.45, 2.75) is 25.0 Å². The lowest BCUT2D eigenvalue weighted by molar-refractivity contribution is 0.0707. The van der Waals surface area contributed by atoms with Crippen LogP contribution in [0.5, 0.6) is 0 Å². The summed E-state index contributed by atoms with van der Waals surface area (Å²) in [5, 5.41) is 20.0. The molecule has 0 aliphatic heterocycles. The molecule has 0 amide bonds. The molecule has 2 aromatic rings. The maximum absolute atomic E-state index is 10.3. The van der Waals surface area contributed by atoms with Crippen LogP contribution in [0.4, 0.5) is 0 Å². The summed E-state index contributed by atoms with van der Waals surface area (Å²) in [4.78, 5) is 11.2. The van der Waals surface area contributed by atoms with Crippen LogP contribution < -0.4 is 0 Å². The molecule has 4 unspecified atom stereocenters. The summed E-state index contributed by atoms with van der Waals surface area (Å²) in [7, 11) is 4.05. The zero-order valence-electron chi connectivity index (χ0n) is 14.2. The molecule has 4 atom stereocenters. The van der Waals surface area contributed by atoms with E-state index in [9.17, 15) is 10.2 Å². The van der Waals surface area contributed by atoms with E-state index in [1.54, 1.807) is 6.20 Å². The van der Waals surface area contributed by atoms with Crippen molar-refractivity contribution in [1.29, 1.82) is 0 Å². The first kappa shape index (κ1) is 17.0. The van der Waals surface area contributed by atoms with Gasteiger partial charge in [-0.1, -0.05) is 30.3 Å². The number of aromatic nitrogens is 2. The molecule has 1 aromatic heterocycles. The van der Waals surface area contributed by atoms with E-state index in [0.717, 1.165) is 17.7 Å². The lowest BCUT2D eigenvalue weighted by Crippen LogP contribution is -2.35. The number of hydrogen-bond acceptors (Lipinski definition) is 5. The number of nitrogens with zero attached hydrogens (tertiary/aromatic N) is 3. The standard InChI is InChI=1S/C19H25N3O2/c1-22(2)17-11-18(24)16(12-23)15(17)10-14-8-9-20-19(21-14)13-6-4-3-5-7-13/h3-9,15-18,23-24H,10-12H2,1-2H3. The summed E-state index contributed by atoms with van der Waals surface area (Å²) < 4.78 is 0. The average molecular weight is 327 g/mol. The highest BCUT2D eigenvalue weighted by Gasteiger charge is 2.43. The maximum Gasteiger partial charge on any atom is 0.159 e. The van der Waals surface area contributed by atoms with Crippen LogP contribution in [-0.2, 0) is 6.42 Å². The number of rotatable bonds is 5. The molecule has 1 saturated carbocycles. The van der Waals surface area contributed by atoms with Gasteiger partial charge in [-0.2, -0.15) is 0 Å². The normalized spacial score (nSPS) is 26.9. The monoisotopic (exact) mass is 327 g/mol. The van der Waals surface area contributed by atoms with Gasteiger partial charge < -0.3 is 15.1 Å². The van der Waals surface area contributed by atoms with Crippen LogP contribution >= 0.6 is 0 Å². The van der Waals surface area contributed by atoms with Gasteiger partial charge in [-0.25, -0.2) is 9.97 Å². The Kier molecular flexibility index (Phi) is 5.23. The van der Waals surface area contributed by atoms with Gasteiger partial charge in [0.2, 0.25) is 0 Å². The molecule has 1 aliphatic rings. The third kappa shape index (κ3) is 3.48. The third-order valence-corrected chi connectivity index (χ3v) is 5.09. The second-order valence-corrected chi connectivity index (χ2v) is 6.79. The fourth-order valence-corrected chi connectivity index (χ4v) is 3.78. The largest absolute Gasteiger partial charge is 0.396 e. The summed E-state index contributed by atoms with van der Waals surface area (Å²) in [6.07, 6.45) is 2.75. The second kappa shape index (κ2) is 7.38. The van der Waals surface area contributed by atoms with E-state index in [4.69, 9.17) is 4.98 Å². The predicted molar refractivity (Wildman–Crippen MR) is 93.3 cm³/mol. The molecule has 1 aliphatic carbocycles. The number of benzene rings is 1. The van der Waals surface area contributed by atoms with E-state index in [-0.39, 0.29) is 24.5 Å². The molecule has 128 valence electrons. The van der Waals surface area contributed by atoms with Gasteiger partial charge >= 0.3 is 0 Å². The molecule has 1 heterocycles. The maximum atomic E-state index is 10.3. The summed E-state index contributed by atoms with van der Waals surface area (Å²) in [5.74, 6) is 0.791. The third-order valence-electron chi connectivity index (χ3n) is 5.09. The molecule has 24 heavy (non-hydrogen) atoms. The van der Waals surface area contributed by atoms with Gasteiger partial charge in [0, 0.05) is 36.0 Å². The lowest BCUT2D eigenvalue weighted by atomic mass is 9.88. The van der Waals surface area contributed by atoms with Crippen LogP contribution in [0.25, 0.3) is 11.4 Å². The molecule has 2 N–H and O–H groups in total. The van der Waals surface area contributed by atoms with E-state index in [1.807, 2.05) is 50.5 Å². The van der Waals surface area contributed by atoms with Crippen LogP contribution in [0.2, 0.25) is 0 Å². The van der Waals surface area contributed by atoms with Crippen molar-refractivity contribution in [3.8, 4) is 11.4 Å². The zero-order valence-corrected chi connectivity index (χ0v) is 14.2. The summed E-state index contributed by atoms with van der Waals surface area (Å²) in [6, 6.07) is 12.1. The smallest absolute Gasteiger partial charge is 0.159 e. The van der Waals surface area contributed by atoms with Crippen molar-refractivity contribution in [3.05, 3.63) is 48.3 Å². The molecule has 0 radical (unpaired) electrons. The average Bonchev–Trinajstić information content (AvgIpc) is 2.91. The first-order valence-corrected chi connectivity index (χ1v) is 8.43. The van der Waals surface area contributed by atoms with Crippen molar-refractivity contribution < 1.29 is 10.2 Å². The Balaban J connectivity index is 1.84. The van der Waals surface area contributed by atoms with Crippen molar-refractivity contribution in [2.24, 2.45) is 11.8 Å². The van der Waals surface area contributed by atoms with Gasteiger partial charge in [-0.15, -0.1) is 0 Å². The van der Waals surface area contributed by atoms with Crippen LogP contribution in [-0.4, -0.2) is 57.9 Å². The SMILES string of the molecule is CN(C)C1CC(O)C(CO)C1Cc1ccnc(-c2ccccc2)n1. The minimum atomic E-state index is -0.456. The van der Waals surface area contributed by atoms with Crippen LogP contribution in [0.1, 0.15) is 12.1 Å². The van der Waals surface area contributed by atoms with Crippen LogP contribution in [0, 0.1) is 11.8 Å². The highest BCUT2D eigenvalue weighted by Crippen LogP contribution is 2.36. The fraction of sp³-hybridized carbons (Fsp3) is 0.474. The van der Waals surface area contributed by atoms with Crippen molar-refractivity contribution in [1.82, 2.24) is 14.9 Å². The molecule has 1 aromatic carbocycles. The first-order valence-electron chi connectivity index (χ1n) is 8.43. The minimum absolute atomic E-state index is 0.00675. The van der Waals surface area contributed by atoms with E-state index in [1.165, 1.54) is 0 Å². The van der Waals surface area contributed by atoms with Gasteiger partial charge in [0.25, 0.3) is 0 Å². The molecule has 0 bridgehead atoms. The minimum Gasteiger partial charge on any atom is -0.396 e. The van der Waals surface area contributed by atoms with Gasteiger partial charge in [0.1, 0.15) is 0 Å². The second-order valence-electron chi connectivity index (χ2n) is 6.79. The Labute approximate surface area is 143 Å². The number of aliphatic hydroxyl groups excluding tert-OH is 2. The van der Waals surface area contributed by atoms with Gasteiger partial charge in [-0.3, -0.25) is 0 Å². The van der Waals surface area contributed by atoms with Crippen molar-refractivity contribution in [3.63, 3.8) is 0 Å². The van der Waals surface area contributed by atoms with E-state index < -0.39 is 6.10 Å². The lowest BCUT2D eigenvalue weighted by Gasteiger charge is -2.28. The Morgan fingerprint density at radius 2 is 1.88 bits per heavy atom. The van der Waals surface area contributed by atoms with E-state index >= 15 is 0 Å². The summed E-state index contributed by atoms with van der Waals surface area (Å²) >= 11 is 0. The van der Waals surface area contributed by atoms with Gasteiger partial charge in [0.15, 0.2) is 5.82 Å². The summed E-state index contributed by atoms with van der Waals surface area (Å²) in [6.45, 7) is 0.00675. The molecule has 0 spiro atoms. The quantitative estimate of drug-likeness (QED) is 0.873. The highest BCUT2D eigenvalue weighted by molar-refractivity contribution is 5.54. The highest BCUT2D eigenvalue weighted by atomic mass is 16.3. The summed E-state index contributed by atoms with van der Waals surface area (Å²) in [5.41, 5.74) is 1.95. The predicted octanol–water partition coefficient (Wildman–Crippen LogP) is 1.61. The number of hydrogen-bond donors (Lipinski definition) is 2. The fourth-order valence-electron chi connectivity index (χ4n) is 3.78. The Morgan fingerprint density at radius 1 is 1.12 bits per heavy atom. The molecule has 5 heteroatoms. The molecule has 3 rings (SSSR count). The number of aliphatic hydroxyl groups is 2. The van der Waals surface area contributed by atoms with Gasteiger partial charge in [0.05, 0.1) is 6.10 Å².